The number of amides is 1. The first-order valence-electron chi connectivity index (χ1n) is 12.0. The van der Waals surface area contributed by atoms with Crippen LogP contribution in [0.1, 0.15) is 66.0 Å². The van der Waals surface area contributed by atoms with Crippen LogP contribution in [0.5, 0.6) is 11.5 Å². The number of carbonyl (C=O) groups is 1. The Bertz CT molecular complexity index is 1150. The van der Waals surface area contributed by atoms with E-state index in [1.165, 1.54) is 16.7 Å². The van der Waals surface area contributed by atoms with Gasteiger partial charge in [-0.15, -0.1) is 0 Å². The second-order valence-corrected chi connectivity index (χ2v) is 8.74. The van der Waals surface area contributed by atoms with Crippen LogP contribution in [0, 0.1) is 13.8 Å². The van der Waals surface area contributed by atoms with Gasteiger partial charge in [0.2, 0.25) is 0 Å². The molecule has 0 atom stereocenters. The van der Waals surface area contributed by atoms with Crippen molar-refractivity contribution in [2.45, 2.75) is 67.1 Å². The first-order valence-corrected chi connectivity index (χ1v) is 12.0. The molecule has 0 unspecified atom stereocenters. The van der Waals surface area contributed by atoms with Crippen molar-refractivity contribution in [3.63, 3.8) is 0 Å². The highest BCUT2D eigenvalue weighted by Gasteiger charge is 2.18. The normalized spacial score (nSPS) is 10.9. The number of benzene rings is 2. The molecule has 0 aliphatic rings. The van der Waals surface area contributed by atoms with E-state index in [-0.39, 0.29) is 12.0 Å². The highest BCUT2D eigenvalue weighted by Crippen LogP contribution is 2.34. The number of hydrogen-bond donors (Lipinski definition) is 1. The van der Waals surface area contributed by atoms with Gasteiger partial charge in [0.05, 0.1) is 17.4 Å². The van der Waals surface area contributed by atoms with Crippen molar-refractivity contribution in [2.75, 3.05) is 7.05 Å². The fraction of sp³-hybridized carbons (Fsp3) is 0.379. The maximum absolute atomic E-state index is 12.1. The minimum atomic E-state index is -0.141. The lowest BCUT2D eigenvalue weighted by atomic mass is 9.94. The Morgan fingerprint density at radius 2 is 1.68 bits per heavy atom. The van der Waals surface area contributed by atoms with Gasteiger partial charge < -0.3 is 14.8 Å². The summed E-state index contributed by atoms with van der Waals surface area (Å²) in [6.07, 6.45) is 1.89. The van der Waals surface area contributed by atoms with Gasteiger partial charge in [-0.3, -0.25) is 9.78 Å². The number of ether oxygens (including phenoxy) is 2. The Morgan fingerprint density at radius 1 is 1.00 bits per heavy atom. The minimum Gasteiger partial charge on any atom is -0.490 e. The molecule has 5 heteroatoms. The molecule has 3 aromatic rings. The molecule has 0 saturated carbocycles. The molecule has 0 fully saturated rings. The lowest BCUT2D eigenvalue weighted by Crippen LogP contribution is -2.17. The molecule has 3 rings (SSSR count). The highest BCUT2D eigenvalue weighted by atomic mass is 16.5. The van der Waals surface area contributed by atoms with Crippen LogP contribution in [-0.4, -0.2) is 24.0 Å². The van der Waals surface area contributed by atoms with Gasteiger partial charge in [0.25, 0.3) is 5.91 Å². The molecule has 0 saturated heterocycles. The van der Waals surface area contributed by atoms with E-state index in [0.717, 1.165) is 41.1 Å². The van der Waals surface area contributed by atoms with Gasteiger partial charge in [0, 0.05) is 29.9 Å². The first-order chi connectivity index (χ1) is 16.3. The van der Waals surface area contributed by atoms with Crippen molar-refractivity contribution >= 4 is 5.91 Å². The predicted octanol–water partition coefficient (Wildman–Crippen LogP) is 6.22. The molecule has 0 bridgehead atoms. The summed E-state index contributed by atoms with van der Waals surface area (Å²) in [5.41, 5.74) is 8.02. The van der Waals surface area contributed by atoms with Gasteiger partial charge in [-0.25, -0.2) is 0 Å². The van der Waals surface area contributed by atoms with Crippen molar-refractivity contribution in [3.8, 4) is 22.8 Å². The molecule has 1 aromatic heterocycles. The zero-order chi connectivity index (χ0) is 24.8. The Hall–Kier alpha value is -3.34. The summed E-state index contributed by atoms with van der Waals surface area (Å²) in [6.45, 7) is 12.7. The zero-order valence-electron chi connectivity index (χ0n) is 21.4. The lowest BCUT2D eigenvalue weighted by molar-refractivity contribution is 0.0962. The molecule has 0 radical (unpaired) electrons. The quantitative estimate of drug-likeness (QED) is 0.412. The van der Waals surface area contributed by atoms with Crippen molar-refractivity contribution in [2.24, 2.45) is 0 Å². The van der Waals surface area contributed by atoms with E-state index in [1.54, 1.807) is 19.2 Å². The summed E-state index contributed by atoms with van der Waals surface area (Å²) in [7, 11) is 1.62. The third kappa shape index (κ3) is 5.58. The van der Waals surface area contributed by atoms with Gasteiger partial charge in [-0.1, -0.05) is 38.1 Å². The van der Waals surface area contributed by atoms with Crippen LogP contribution >= 0.6 is 0 Å². The number of nitrogens with one attached hydrogen (secondary N) is 1. The van der Waals surface area contributed by atoms with E-state index in [1.807, 2.05) is 39.8 Å². The fourth-order valence-electron chi connectivity index (χ4n) is 4.10. The number of pyridine rings is 1. The summed E-state index contributed by atoms with van der Waals surface area (Å²) < 4.78 is 12.4. The summed E-state index contributed by atoms with van der Waals surface area (Å²) in [4.78, 5) is 17.1. The second kappa shape index (κ2) is 11.2. The molecule has 1 N–H and O–H groups in total. The van der Waals surface area contributed by atoms with Crippen molar-refractivity contribution in [1.29, 1.82) is 0 Å². The molecular weight excluding hydrogens is 424 g/mol. The summed E-state index contributed by atoms with van der Waals surface area (Å²) >= 11 is 0. The molecule has 0 spiro atoms. The average molecular weight is 461 g/mol. The van der Waals surface area contributed by atoms with Crippen molar-refractivity contribution in [1.82, 2.24) is 10.3 Å². The Labute approximate surface area is 203 Å². The standard InChI is InChI=1S/C29H36N2O3/c1-8-21-11-10-12-22(9-2)28(21)25-16-27(34-18(3)4)24(20(6)31-25)17-33-26-15-23(29(32)30-7)14-13-19(26)5/h10-16,18H,8-9,17H2,1-7H3,(H,30,32). The molecule has 1 amide bonds. The molecule has 0 aliphatic carbocycles. The number of rotatable bonds is 9. The number of nitrogens with zero attached hydrogens (tertiary/aromatic N) is 1. The van der Waals surface area contributed by atoms with Gasteiger partial charge in [-0.05, 0) is 69.4 Å². The molecule has 5 nitrogen and oxygen atoms in total. The van der Waals surface area contributed by atoms with E-state index in [9.17, 15) is 4.79 Å². The van der Waals surface area contributed by atoms with Gasteiger partial charge in [0.15, 0.2) is 0 Å². The Morgan fingerprint density at radius 3 is 2.26 bits per heavy atom. The molecule has 2 aromatic carbocycles. The molecule has 34 heavy (non-hydrogen) atoms. The number of aromatic nitrogens is 1. The molecular formula is C29H36N2O3. The number of aryl methyl sites for hydroxylation is 4. The smallest absolute Gasteiger partial charge is 0.251 e. The second-order valence-electron chi connectivity index (χ2n) is 8.74. The third-order valence-corrected chi connectivity index (χ3v) is 5.96. The van der Waals surface area contributed by atoms with Gasteiger partial charge in [0.1, 0.15) is 18.1 Å². The van der Waals surface area contributed by atoms with Gasteiger partial charge in [-0.2, -0.15) is 0 Å². The van der Waals surface area contributed by atoms with Crippen LogP contribution < -0.4 is 14.8 Å². The summed E-state index contributed by atoms with van der Waals surface area (Å²) in [5, 5.41) is 2.66. The van der Waals surface area contributed by atoms with Crippen LogP contribution in [0.3, 0.4) is 0 Å². The largest absolute Gasteiger partial charge is 0.490 e. The lowest BCUT2D eigenvalue weighted by Gasteiger charge is -2.20. The SMILES string of the molecule is CCc1cccc(CC)c1-c1cc(OC(C)C)c(COc2cc(C(=O)NC)ccc2C)c(C)n1. The number of hydrogen-bond acceptors (Lipinski definition) is 4. The van der Waals surface area contributed by atoms with Crippen LogP contribution in [-0.2, 0) is 19.4 Å². The molecule has 0 aliphatic heterocycles. The maximum atomic E-state index is 12.1. The van der Waals surface area contributed by atoms with Crippen LogP contribution in [0.2, 0.25) is 0 Å². The van der Waals surface area contributed by atoms with E-state index < -0.39 is 0 Å². The Kier molecular flexibility index (Phi) is 8.32. The van der Waals surface area contributed by atoms with Crippen LogP contribution in [0.15, 0.2) is 42.5 Å². The minimum absolute atomic E-state index is 0.0128. The maximum Gasteiger partial charge on any atom is 0.251 e. The molecule has 1 heterocycles. The predicted molar refractivity (Wildman–Crippen MR) is 138 cm³/mol. The van der Waals surface area contributed by atoms with E-state index in [2.05, 4.69) is 37.4 Å². The monoisotopic (exact) mass is 460 g/mol. The number of carbonyl (C=O) groups excluding carboxylic acids is 1. The molecule has 180 valence electrons. The fourth-order valence-corrected chi connectivity index (χ4v) is 4.10. The van der Waals surface area contributed by atoms with E-state index >= 15 is 0 Å². The average Bonchev–Trinajstić information content (AvgIpc) is 2.82. The first kappa shape index (κ1) is 25.3. The third-order valence-electron chi connectivity index (χ3n) is 5.96. The topological polar surface area (TPSA) is 60.5 Å². The van der Waals surface area contributed by atoms with Crippen LogP contribution in [0.25, 0.3) is 11.3 Å². The zero-order valence-corrected chi connectivity index (χ0v) is 21.4. The van der Waals surface area contributed by atoms with Crippen molar-refractivity contribution < 1.29 is 14.3 Å². The van der Waals surface area contributed by atoms with Crippen molar-refractivity contribution in [3.05, 3.63) is 76.0 Å². The highest BCUT2D eigenvalue weighted by molar-refractivity contribution is 5.94. The summed E-state index contributed by atoms with van der Waals surface area (Å²) in [5.74, 6) is 1.31. The van der Waals surface area contributed by atoms with E-state index in [4.69, 9.17) is 14.5 Å². The van der Waals surface area contributed by atoms with E-state index in [0.29, 0.717) is 17.9 Å². The summed E-state index contributed by atoms with van der Waals surface area (Å²) in [6, 6.07) is 14.0. The van der Waals surface area contributed by atoms with Crippen LogP contribution in [0.4, 0.5) is 0 Å². The van der Waals surface area contributed by atoms with Gasteiger partial charge >= 0.3 is 0 Å². The Balaban J connectivity index is 2.03.